The van der Waals surface area contributed by atoms with Crippen LogP contribution in [0, 0.1) is 20.7 Å². The Hall–Kier alpha value is -0.410. The molecule has 0 radical (unpaired) electrons. The number of pyridine rings is 1. The number of nitriles is 1. The SMILES string of the molecule is N#Cc1c(I)cnc(Cl)c1F. The lowest BCUT2D eigenvalue weighted by Gasteiger charge is -1.96. The molecule has 0 N–H and O–H groups in total. The van der Waals surface area contributed by atoms with Crippen LogP contribution in [0.5, 0.6) is 0 Å². The first-order chi connectivity index (χ1) is 5.16. The minimum absolute atomic E-state index is 0.0504. The summed E-state index contributed by atoms with van der Waals surface area (Å²) in [5, 5.41) is 8.18. The van der Waals surface area contributed by atoms with Crippen LogP contribution in [-0.4, -0.2) is 4.98 Å². The molecular weight excluding hydrogens is 281 g/mol. The van der Waals surface area contributed by atoms with Crippen LogP contribution in [0.15, 0.2) is 6.20 Å². The molecule has 0 atom stereocenters. The zero-order valence-corrected chi connectivity index (χ0v) is 8.02. The first-order valence-electron chi connectivity index (χ1n) is 2.56. The van der Waals surface area contributed by atoms with E-state index in [9.17, 15) is 4.39 Å². The van der Waals surface area contributed by atoms with Crippen molar-refractivity contribution in [1.82, 2.24) is 4.98 Å². The fourth-order valence-electron chi connectivity index (χ4n) is 0.545. The van der Waals surface area contributed by atoms with E-state index in [2.05, 4.69) is 4.98 Å². The van der Waals surface area contributed by atoms with Gasteiger partial charge in [-0.3, -0.25) is 0 Å². The lowest BCUT2D eigenvalue weighted by molar-refractivity contribution is 0.616. The van der Waals surface area contributed by atoms with Gasteiger partial charge in [0, 0.05) is 6.20 Å². The molecule has 0 saturated carbocycles. The van der Waals surface area contributed by atoms with E-state index in [0.717, 1.165) is 0 Å². The minimum Gasteiger partial charge on any atom is -0.240 e. The van der Waals surface area contributed by atoms with Crippen molar-refractivity contribution in [3.63, 3.8) is 0 Å². The van der Waals surface area contributed by atoms with E-state index >= 15 is 0 Å². The zero-order valence-electron chi connectivity index (χ0n) is 5.11. The summed E-state index contributed by atoms with van der Waals surface area (Å²) in [6, 6.07) is 1.70. The summed E-state index contributed by atoms with van der Waals surface area (Å²) in [5.41, 5.74) is -0.0504. The van der Waals surface area contributed by atoms with E-state index in [1.54, 1.807) is 6.07 Å². The Morgan fingerprint density at radius 3 is 2.82 bits per heavy atom. The molecule has 11 heavy (non-hydrogen) atoms. The second-order valence-electron chi connectivity index (χ2n) is 1.70. The molecule has 1 aromatic heterocycles. The third kappa shape index (κ3) is 1.60. The van der Waals surface area contributed by atoms with Gasteiger partial charge in [0.15, 0.2) is 11.0 Å². The smallest absolute Gasteiger partial charge is 0.179 e. The van der Waals surface area contributed by atoms with Crippen molar-refractivity contribution in [2.75, 3.05) is 0 Å². The number of aromatic nitrogens is 1. The van der Waals surface area contributed by atoms with E-state index in [0.29, 0.717) is 3.57 Å². The number of hydrogen-bond donors (Lipinski definition) is 0. The molecular formula is C6HClFIN2. The summed E-state index contributed by atoms with van der Waals surface area (Å²) in [6.45, 7) is 0. The average Bonchev–Trinajstić information content (AvgIpc) is 1.99. The Balaban J connectivity index is 3.44. The quantitative estimate of drug-likeness (QED) is 0.541. The molecule has 1 aromatic rings. The molecule has 2 nitrogen and oxygen atoms in total. The second-order valence-corrected chi connectivity index (χ2v) is 3.22. The van der Waals surface area contributed by atoms with Crippen LogP contribution in [0.1, 0.15) is 5.56 Å². The van der Waals surface area contributed by atoms with Gasteiger partial charge in [0.25, 0.3) is 0 Å². The van der Waals surface area contributed by atoms with Crippen LogP contribution in [0.25, 0.3) is 0 Å². The predicted molar refractivity (Wildman–Crippen MR) is 46.6 cm³/mol. The van der Waals surface area contributed by atoms with Crippen molar-refractivity contribution in [3.05, 3.63) is 26.3 Å². The van der Waals surface area contributed by atoms with E-state index in [-0.39, 0.29) is 10.7 Å². The third-order valence-electron chi connectivity index (χ3n) is 1.04. The highest BCUT2D eigenvalue weighted by Crippen LogP contribution is 2.19. The number of rotatable bonds is 0. The third-order valence-corrected chi connectivity index (χ3v) is 2.12. The maximum Gasteiger partial charge on any atom is 0.179 e. The molecule has 1 rings (SSSR count). The molecule has 0 spiro atoms. The second kappa shape index (κ2) is 3.32. The Morgan fingerprint density at radius 2 is 2.36 bits per heavy atom. The van der Waals surface area contributed by atoms with Gasteiger partial charge in [-0.1, -0.05) is 11.6 Å². The van der Waals surface area contributed by atoms with E-state index < -0.39 is 5.82 Å². The molecule has 0 aliphatic heterocycles. The molecule has 0 bridgehead atoms. The molecule has 0 aromatic carbocycles. The summed E-state index contributed by atoms with van der Waals surface area (Å²) < 4.78 is 13.3. The molecule has 5 heteroatoms. The number of nitrogens with zero attached hydrogens (tertiary/aromatic N) is 2. The first kappa shape index (κ1) is 8.68. The highest BCUT2D eigenvalue weighted by Gasteiger charge is 2.10. The van der Waals surface area contributed by atoms with Crippen molar-refractivity contribution in [3.8, 4) is 6.07 Å². The maximum atomic E-state index is 12.8. The Kier molecular flexibility index (Phi) is 2.62. The molecule has 0 amide bonds. The van der Waals surface area contributed by atoms with Crippen LogP contribution < -0.4 is 0 Å². The first-order valence-corrected chi connectivity index (χ1v) is 4.02. The van der Waals surface area contributed by atoms with Crippen LogP contribution in [-0.2, 0) is 0 Å². The van der Waals surface area contributed by atoms with E-state index in [4.69, 9.17) is 16.9 Å². The van der Waals surface area contributed by atoms with Gasteiger partial charge in [-0.2, -0.15) is 5.26 Å². The number of halogens is 3. The highest BCUT2D eigenvalue weighted by atomic mass is 127. The Labute approximate surface area is 81.1 Å². The molecule has 1 heterocycles. The van der Waals surface area contributed by atoms with Crippen molar-refractivity contribution in [2.45, 2.75) is 0 Å². The maximum absolute atomic E-state index is 12.8. The summed E-state index contributed by atoms with van der Waals surface area (Å²) in [4.78, 5) is 3.52. The van der Waals surface area contributed by atoms with Gasteiger partial charge in [-0.25, -0.2) is 9.37 Å². The standard InChI is InChI=1S/C6HClFIN2/c7-6-5(8)3(1-10)4(9)2-11-6/h2H. The minimum atomic E-state index is -0.749. The summed E-state index contributed by atoms with van der Waals surface area (Å²) >= 11 is 7.14. The van der Waals surface area contributed by atoms with Gasteiger partial charge in [0.1, 0.15) is 11.6 Å². The molecule has 0 saturated heterocycles. The lowest BCUT2D eigenvalue weighted by Crippen LogP contribution is -1.92. The molecule has 0 aliphatic rings. The summed E-state index contributed by atoms with van der Waals surface area (Å²) in [7, 11) is 0. The Morgan fingerprint density at radius 1 is 1.73 bits per heavy atom. The van der Waals surface area contributed by atoms with Gasteiger partial charge in [-0.15, -0.1) is 0 Å². The van der Waals surface area contributed by atoms with Crippen molar-refractivity contribution < 1.29 is 4.39 Å². The fourth-order valence-corrected chi connectivity index (χ4v) is 1.18. The largest absolute Gasteiger partial charge is 0.240 e. The van der Waals surface area contributed by atoms with Gasteiger partial charge >= 0.3 is 0 Å². The van der Waals surface area contributed by atoms with Crippen molar-refractivity contribution in [1.29, 1.82) is 5.26 Å². The average molecular weight is 282 g/mol. The molecule has 56 valence electrons. The topological polar surface area (TPSA) is 36.7 Å². The van der Waals surface area contributed by atoms with Crippen LogP contribution >= 0.6 is 34.2 Å². The van der Waals surface area contributed by atoms with Gasteiger partial charge in [0.2, 0.25) is 0 Å². The van der Waals surface area contributed by atoms with Gasteiger partial charge < -0.3 is 0 Å². The molecule has 0 aliphatic carbocycles. The number of hydrogen-bond acceptors (Lipinski definition) is 2. The van der Waals surface area contributed by atoms with Crippen molar-refractivity contribution >= 4 is 34.2 Å². The van der Waals surface area contributed by atoms with E-state index in [1.807, 2.05) is 22.6 Å². The van der Waals surface area contributed by atoms with Crippen molar-refractivity contribution in [2.24, 2.45) is 0 Å². The predicted octanol–water partition coefficient (Wildman–Crippen LogP) is 2.35. The Bertz CT molecular complexity index is 334. The fraction of sp³-hybridized carbons (Fsp3) is 0. The highest BCUT2D eigenvalue weighted by molar-refractivity contribution is 14.1. The molecule has 0 unspecified atom stereocenters. The van der Waals surface area contributed by atoms with E-state index in [1.165, 1.54) is 6.20 Å². The van der Waals surface area contributed by atoms with Crippen LogP contribution in [0.2, 0.25) is 5.15 Å². The normalized spacial score (nSPS) is 9.27. The van der Waals surface area contributed by atoms with Crippen LogP contribution in [0.3, 0.4) is 0 Å². The van der Waals surface area contributed by atoms with Crippen LogP contribution in [0.4, 0.5) is 4.39 Å². The lowest BCUT2D eigenvalue weighted by atomic mass is 10.3. The van der Waals surface area contributed by atoms with Gasteiger partial charge in [-0.05, 0) is 22.6 Å². The van der Waals surface area contributed by atoms with Gasteiger partial charge in [0.05, 0.1) is 3.57 Å². The summed E-state index contributed by atoms with van der Waals surface area (Å²) in [6.07, 6.45) is 1.35. The zero-order chi connectivity index (χ0) is 8.43. The molecule has 0 fully saturated rings. The monoisotopic (exact) mass is 282 g/mol. The summed E-state index contributed by atoms with van der Waals surface area (Å²) in [5.74, 6) is -0.749.